The van der Waals surface area contributed by atoms with Gasteiger partial charge in [0.2, 0.25) is 0 Å². The second-order valence-corrected chi connectivity index (χ2v) is 8.49. The first-order valence-electron chi connectivity index (χ1n) is 11.2. The first kappa shape index (κ1) is 19.6. The van der Waals surface area contributed by atoms with Crippen LogP contribution in [0, 0.1) is 0 Å². The monoisotopic (exact) mass is 412 g/mol. The standard InChI is InChI=1S/C26H28N4O/c1-30(16-8-11-19-17-24(29-28-19)18-9-3-2-4-10-18)26(31)22-14-7-13-21-20-12-5-6-15-23(20)27-25(21)22/h2-4,7,9-10,13-14,17,27H,5-6,8,11-12,15-16H2,1H3,(H,28,29). The van der Waals surface area contributed by atoms with E-state index in [1.54, 1.807) is 0 Å². The molecule has 0 radical (unpaired) electrons. The Kier molecular flexibility index (Phi) is 5.33. The highest BCUT2D eigenvalue weighted by atomic mass is 16.2. The zero-order valence-electron chi connectivity index (χ0n) is 17.9. The molecule has 0 atom stereocenters. The molecule has 4 aromatic rings. The van der Waals surface area contributed by atoms with E-state index in [-0.39, 0.29) is 5.91 Å². The maximum atomic E-state index is 13.2. The molecule has 2 aromatic carbocycles. The molecule has 2 heterocycles. The topological polar surface area (TPSA) is 64.8 Å². The predicted octanol–water partition coefficient (Wildman–Crippen LogP) is 5.14. The summed E-state index contributed by atoms with van der Waals surface area (Å²) in [4.78, 5) is 18.6. The third-order valence-electron chi connectivity index (χ3n) is 6.35. The number of aryl methyl sites for hydroxylation is 3. The molecule has 0 fully saturated rings. The number of carbonyl (C=O) groups is 1. The number of benzene rings is 2. The van der Waals surface area contributed by atoms with Crippen LogP contribution in [0.5, 0.6) is 0 Å². The van der Waals surface area contributed by atoms with Crippen LogP contribution in [0.3, 0.4) is 0 Å². The average Bonchev–Trinajstić information content (AvgIpc) is 3.44. The van der Waals surface area contributed by atoms with Crippen LogP contribution in [-0.2, 0) is 19.3 Å². The van der Waals surface area contributed by atoms with Gasteiger partial charge in [-0.05, 0) is 56.2 Å². The van der Waals surface area contributed by atoms with Crippen LogP contribution in [0.2, 0.25) is 0 Å². The molecule has 2 aromatic heterocycles. The fourth-order valence-electron chi connectivity index (χ4n) is 4.67. The van der Waals surface area contributed by atoms with Gasteiger partial charge in [-0.2, -0.15) is 5.10 Å². The van der Waals surface area contributed by atoms with E-state index < -0.39 is 0 Å². The molecule has 1 amide bonds. The minimum absolute atomic E-state index is 0.0822. The third kappa shape index (κ3) is 3.88. The smallest absolute Gasteiger partial charge is 0.255 e. The van der Waals surface area contributed by atoms with Crippen molar-refractivity contribution < 1.29 is 4.79 Å². The van der Waals surface area contributed by atoms with E-state index in [1.807, 2.05) is 42.3 Å². The molecule has 1 aliphatic carbocycles. The van der Waals surface area contributed by atoms with E-state index in [9.17, 15) is 4.79 Å². The van der Waals surface area contributed by atoms with Crippen molar-refractivity contribution in [3.63, 3.8) is 0 Å². The van der Waals surface area contributed by atoms with Crippen molar-refractivity contribution in [2.24, 2.45) is 0 Å². The molecule has 0 spiro atoms. The first-order valence-corrected chi connectivity index (χ1v) is 11.2. The fraction of sp³-hybridized carbons (Fsp3) is 0.308. The number of hydrogen-bond donors (Lipinski definition) is 2. The van der Waals surface area contributed by atoms with Gasteiger partial charge in [0, 0.05) is 35.9 Å². The summed E-state index contributed by atoms with van der Waals surface area (Å²) in [6, 6.07) is 18.4. The predicted molar refractivity (Wildman–Crippen MR) is 124 cm³/mol. The van der Waals surface area contributed by atoms with Gasteiger partial charge in [0.25, 0.3) is 5.91 Å². The molecule has 0 unspecified atom stereocenters. The lowest BCUT2D eigenvalue weighted by molar-refractivity contribution is 0.0795. The van der Waals surface area contributed by atoms with Gasteiger partial charge in [-0.15, -0.1) is 0 Å². The van der Waals surface area contributed by atoms with Gasteiger partial charge >= 0.3 is 0 Å². The highest BCUT2D eigenvalue weighted by Gasteiger charge is 2.21. The second-order valence-electron chi connectivity index (χ2n) is 8.49. The van der Waals surface area contributed by atoms with Gasteiger partial charge in [0.05, 0.1) is 16.8 Å². The van der Waals surface area contributed by atoms with E-state index in [4.69, 9.17) is 0 Å². The quantitative estimate of drug-likeness (QED) is 0.460. The van der Waals surface area contributed by atoms with Gasteiger partial charge < -0.3 is 9.88 Å². The maximum Gasteiger partial charge on any atom is 0.255 e. The number of H-pyrrole nitrogens is 2. The van der Waals surface area contributed by atoms with Crippen LogP contribution in [0.25, 0.3) is 22.2 Å². The van der Waals surface area contributed by atoms with Crippen molar-refractivity contribution in [2.75, 3.05) is 13.6 Å². The van der Waals surface area contributed by atoms with Crippen LogP contribution in [0.4, 0.5) is 0 Å². The summed E-state index contributed by atoms with van der Waals surface area (Å²) >= 11 is 0. The van der Waals surface area contributed by atoms with Crippen molar-refractivity contribution in [1.29, 1.82) is 0 Å². The number of amides is 1. The van der Waals surface area contributed by atoms with E-state index in [0.717, 1.165) is 53.7 Å². The first-order chi connectivity index (χ1) is 15.2. The number of hydrogen-bond acceptors (Lipinski definition) is 2. The number of aromatic nitrogens is 3. The molecule has 31 heavy (non-hydrogen) atoms. The maximum absolute atomic E-state index is 13.2. The molecule has 5 rings (SSSR count). The number of fused-ring (bicyclic) bond motifs is 3. The van der Waals surface area contributed by atoms with Crippen molar-refractivity contribution >= 4 is 16.8 Å². The number of aromatic amines is 2. The third-order valence-corrected chi connectivity index (χ3v) is 6.35. The summed E-state index contributed by atoms with van der Waals surface area (Å²) < 4.78 is 0. The molecule has 0 bridgehead atoms. The Balaban J connectivity index is 1.24. The fourth-order valence-corrected chi connectivity index (χ4v) is 4.67. The average molecular weight is 413 g/mol. The number of nitrogens with zero attached hydrogens (tertiary/aromatic N) is 2. The van der Waals surface area contributed by atoms with Crippen LogP contribution in [0.15, 0.2) is 54.6 Å². The van der Waals surface area contributed by atoms with Crippen LogP contribution < -0.4 is 0 Å². The molecule has 0 saturated heterocycles. The Morgan fingerprint density at radius 2 is 1.90 bits per heavy atom. The van der Waals surface area contributed by atoms with Crippen molar-refractivity contribution in [1.82, 2.24) is 20.1 Å². The zero-order chi connectivity index (χ0) is 21.2. The van der Waals surface area contributed by atoms with Gasteiger partial charge in [-0.1, -0.05) is 42.5 Å². The van der Waals surface area contributed by atoms with Gasteiger partial charge in [0.15, 0.2) is 0 Å². The van der Waals surface area contributed by atoms with E-state index in [2.05, 4.69) is 39.4 Å². The summed E-state index contributed by atoms with van der Waals surface area (Å²) in [6.07, 6.45) is 6.40. The molecule has 5 heteroatoms. The number of nitrogens with one attached hydrogen (secondary N) is 2. The van der Waals surface area contributed by atoms with Gasteiger partial charge in [-0.3, -0.25) is 9.89 Å². The largest absolute Gasteiger partial charge is 0.358 e. The molecule has 158 valence electrons. The van der Waals surface area contributed by atoms with E-state index >= 15 is 0 Å². The Morgan fingerprint density at radius 1 is 1.06 bits per heavy atom. The molecule has 2 N–H and O–H groups in total. The van der Waals surface area contributed by atoms with E-state index in [1.165, 1.54) is 29.5 Å². The zero-order valence-corrected chi connectivity index (χ0v) is 17.9. The Labute approximate surface area is 182 Å². The molecular formula is C26H28N4O. The SMILES string of the molecule is CN(CCCc1cc(-c2ccccc2)n[nH]1)C(=O)c1cccc2c3c([nH]c12)CCCC3. The molecule has 0 saturated carbocycles. The summed E-state index contributed by atoms with van der Waals surface area (Å²) in [5, 5.41) is 8.78. The Hall–Kier alpha value is -3.34. The lowest BCUT2D eigenvalue weighted by atomic mass is 9.95. The molecular weight excluding hydrogens is 384 g/mol. The lowest BCUT2D eigenvalue weighted by Gasteiger charge is -2.17. The Morgan fingerprint density at radius 3 is 2.77 bits per heavy atom. The normalized spacial score (nSPS) is 13.3. The molecule has 0 aliphatic heterocycles. The highest BCUT2D eigenvalue weighted by molar-refractivity contribution is 6.06. The second kappa shape index (κ2) is 8.42. The summed E-state index contributed by atoms with van der Waals surface area (Å²) in [5.41, 5.74) is 7.68. The number of carbonyl (C=O) groups excluding carboxylic acids is 1. The minimum Gasteiger partial charge on any atom is -0.358 e. The van der Waals surface area contributed by atoms with Gasteiger partial charge in [-0.25, -0.2) is 0 Å². The van der Waals surface area contributed by atoms with Crippen molar-refractivity contribution in [3.05, 3.63) is 77.1 Å². The Bertz CT molecular complexity index is 1200. The van der Waals surface area contributed by atoms with E-state index in [0.29, 0.717) is 6.54 Å². The molecule has 5 nitrogen and oxygen atoms in total. The van der Waals surface area contributed by atoms with Crippen molar-refractivity contribution in [2.45, 2.75) is 38.5 Å². The summed E-state index contributed by atoms with van der Waals surface area (Å²) in [6.45, 7) is 0.704. The van der Waals surface area contributed by atoms with Crippen molar-refractivity contribution in [3.8, 4) is 11.3 Å². The minimum atomic E-state index is 0.0822. The van der Waals surface area contributed by atoms with Crippen LogP contribution in [0.1, 0.15) is 46.6 Å². The summed E-state index contributed by atoms with van der Waals surface area (Å²) in [7, 11) is 1.90. The molecule has 1 aliphatic rings. The van der Waals surface area contributed by atoms with Crippen LogP contribution >= 0.6 is 0 Å². The lowest BCUT2D eigenvalue weighted by Crippen LogP contribution is -2.28. The van der Waals surface area contributed by atoms with Gasteiger partial charge in [0.1, 0.15) is 0 Å². The summed E-state index contributed by atoms with van der Waals surface area (Å²) in [5.74, 6) is 0.0822. The number of rotatable bonds is 6. The van der Waals surface area contributed by atoms with Crippen LogP contribution in [-0.4, -0.2) is 39.6 Å². The highest BCUT2D eigenvalue weighted by Crippen LogP contribution is 2.31. The number of para-hydroxylation sites is 1.